The molecule has 1 N–H and O–H groups in total. The van der Waals surface area contributed by atoms with Gasteiger partial charge >= 0.3 is 0 Å². The third-order valence-electron chi connectivity index (χ3n) is 4.61. The predicted molar refractivity (Wildman–Crippen MR) is 119 cm³/mol. The van der Waals surface area contributed by atoms with Crippen molar-refractivity contribution >= 4 is 23.6 Å². The molecule has 0 amide bonds. The minimum Gasteiger partial charge on any atom is -0.492 e. The van der Waals surface area contributed by atoms with Gasteiger partial charge in [0, 0.05) is 0 Å². The fourth-order valence-electron chi connectivity index (χ4n) is 3.07. The molecule has 0 fully saturated rings. The Hall–Kier alpha value is -3.84. The molecule has 0 radical (unpaired) electrons. The average molecular weight is 414 g/mol. The van der Waals surface area contributed by atoms with Crippen LogP contribution in [0.4, 0.5) is 11.4 Å². The van der Waals surface area contributed by atoms with Crippen LogP contribution in [0.2, 0.25) is 0 Å². The molecule has 7 heteroatoms. The molecule has 6 nitrogen and oxygen atoms in total. The molecule has 0 saturated carbocycles. The standard InChI is InChI=1S/C23H18N4O2S/c1-16-10-8-9-15-19(16)24-25-20-21(28)26(17-11-4-2-5-12-17)23(30)27(22(20)29)18-13-6-3-7-14-18/h2-15,28H,1H3. The molecule has 30 heavy (non-hydrogen) atoms. The molecule has 1 aromatic heterocycles. The smallest absolute Gasteiger partial charge is 0.290 e. The van der Waals surface area contributed by atoms with Crippen molar-refractivity contribution in [1.82, 2.24) is 9.13 Å². The first-order chi connectivity index (χ1) is 14.6. The van der Waals surface area contributed by atoms with Crippen molar-refractivity contribution in [1.29, 1.82) is 0 Å². The lowest BCUT2D eigenvalue weighted by atomic mass is 10.2. The number of hydrogen-bond donors (Lipinski definition) is 1. The number of hydrogen-bond acceptors (Lipinski definition) is 5. The van der Waals surface area contributed by atoms with Gasteiger partial charge in [-0.1, -0.05) is 54.6 Å². The van der Waals surface area contributed by atoms with Gasteiger partial charge in [0.1, 0.15) is 0 Å². The molecule has 0 spiro atoms. The van der Waals surface area contributed by atoms with Gasteiger partial charge in [-0.15, -0.1) is 10.2 Å². The van der Waals surface area contributed by atoms with E-state index in [1.807, 2.05) is 61.5 Å². The quantitative estimate of drug-likeness (QED) is 0.339. The minimum absolute atomic E-state index is 0.129. The summed E-state index contributed by atoms with van der Waals surface area (Å²) in [7, 11) is 0. The van der Waals surface area contributed by atoms with E-state index in [1.54, 1.807) is 30.3 Å². The lowest BCUT2D eigenvalue weighted by molar-refractivity contribution is 0.432. The van der Waals surface area contributed by atoms with E-state index in [0.29, 0.717) is 17.1 Å². The summed E-state index contributed by atoms with van der Waals surface area (Å²) in [6.07, 6.45) is 0. The Morgan fingerprint density at radius 1 is 0.767 bits per heavy atom. The Balaban J connectivity index is 2.02. The molecule has 0 aliphatic rings. The van der Waals surface area contributed by atoms with E-state index in [0.717, 1.165) is 5.56 Å². The van der Waals surface area contributed by atoms with Gasteiger partial charge in [-0.3, -0.25) is 13.9 Å². The maximum absolute atomic E-state index is 13.3. The van der Waals surface area contributed by atoms with E-state index in [1.165, 1.54) is 9.13 Å². The molecular formula is C23H18N4O2S. The van der Waals surface area contributed by atoms with Crippen LogP contribution in [0, 0.1) is 11.7 Å². The molecule has 0 atom stereocenters. The van der Waals surface area contributed by atoms with Gasteiger partial charge in [0.05, 0.1) is 17.1 Å². The topological polar surface area (TPSA) is 71.9 Å². The maximum Gasteiger partial charge on any atom is 0.290 e. The number of nitrogens with zero attached hydrogens (tertiary/aromatic N) is 4. The van der Waals surface area contributed by atoms with Crippen LogP contribution in [0.25, 0.3) is 11.4 Å². The summed E-state index contributed by atoms with van der Waals surface area (Å²) in [6.45, 7) is 1.90. The van der Waals surface area contributed by atoms with Crippen LogP contribution in [-0.4, -0.2) is 14.2 Å². The van der Waals surface area contributed by atoms with Crippen molar-refractivity contribution in [2.45, 2.75) is 6.92 Å². The molecular weight excluding hydrogens is 396 g/mol. The second kappa shape index (κ2) is 8.26. The Bertz CT molecular complexity index is 1340. The molecule has 4 rings (SSSR count). The van der Waals surface area contributed by atoms with Crippen LogP contribution in [0.5, 0.6) is 5.88 Å². The molecule has 0 aliphatic heterocycles. The fraction of sp³-hybridized carbons (Fsp3) is 0.0435. The Labute approximate surface area is 178 Å². The van der Waals surface area contributed by atoms with Gasteiger partial charge in [-0.25, -0.2) is 0 Å². The largest absolute Gasteiger partial charge is 0.492 e. The lowest BCUT2D eigenvalue weighted by Crippen LogP contribution is -2.23. The highest BCUT2D eigenvalue weighted by Gasteiger charge is 2.19. The second-order valence-corrected chi connectivity index (χ2v) is 6.95. The zero-order valence-electron chi connectivity index (χ0n) is 16.1. The number of aryl methyl sites for hydroxylation is 1. The van der Waals surface area contributed by atoms with Gasteiger partial charge < -0.3 is 5.11 Å². The Kier molecular flexibility index (Phi) is 5.36. The first-order valence-electron chi connectivity index (χ1n) is 9.27. The SMILES string of the molecule is Cc1ccccc1N=Nc1c(O)n(-c2ccccc2)c(=S)n(-c2ccccc2)c1=O. The summed E-state index contributed by atoms with van der Waals surface area (Å²) in [5.41, 5.74) is 1.95. The number of para-hydroxylation sites is 2. The molecule has 3 aromatic carbocycles. The van der Waals surface area contributed by atoms with E-state index in [9.17, 15) is 9.90 Å². The van der Waals surface area contributed by atoms with Crippen LogP contribution in [0.15, 0.2) is 100.0 Å². The summed E-state index contributed by atoms with van der Waals surface area (Å²) in [5, 5.41) is 19.3. The highest BCUT2D eigenvalue weighted by molar-refractivity contribution is 7.71. The molecule has 0 aliphatic carbocycles. The monoisotopic (exact) mass is 414 g/mol. The highest BCUT2D eigenvalue weighted by Crippen LogP contribution is 2.29. The second-order valence-electron chi connectivity index (χ2n) is 6.59. The molecule has 0 bridgehead atoms. The Morgan fingerprint density at radius 2 is 1.30 bits per heavy atom. The zero-order valence-corrected chi connectivity index (χ0v) is 17.0. The van der Waals surface area contributed by atoms with Gasteiger partial charge in [0.2, 0.25) is 11.6 Å². The van der Waals surface area contributed by atoms with Crippen molar-refractivity contribution in [2.75, 3.05) is 0 Å². The molecule has 0 saturated heterocycles. The first kappa shape index (κ1) is 19.5. The summed E-state index contributed by atoms with van der Waals surface area (Å²) >= 11 is 5.58. The third kappa shape index (κ3) is 3.58. The fourth-order valence-corrected chi connectivity index (χ4v) is 3.45. The van der Waals surface area contributed by atoms with E-state index in [-0.39, 0.29) is 16.3 Å². The summed E-state index contributed by atoms with van der Waals surface area (Å²) < 4.78 is 2.88. The van der Waals surface area contributed by atoms with Crippen LogP contribution in [-0.2, 0) is 0 Å². The van der Waals surface area contributed by atoms with Crippen LogP contribution in [0.1, 0.15) is 5.56 Å². The number of rotatable bonds is 4. The van der Waals surface area contributed by atoms with Crippen molar-refractivity contribution < 1.29 is 5.11 Å². The molecule has 148 valence electrons. The van der Waals surface area contributed by atoms with Crippen molar-refractivity contribution in [3.63, 3.8) is 0 Å². The highest BCUT2D eigenvalue weighted by atomic mass is 32.1. The van der Waals surface area contributed by atoms with Crippen LogP contribution >= 0.6 is 12.2 Å². The summed E-state index contributed by atoms with van der Waals surface area (Å²) in [4.78, 5) is 13.3. The molecule has 1 heterocycles. The Morgan fingerprint density at radius 3 is 1.90 bits per heavy atom. The minimum atomic E-state index is -0.548. The third-order valence-corrected chi connectivity index (χ3v) is 4.98. The van der Waals surface area contributed by atoms with Crippen molar-refractivity contribution in [3.8, 4) is 17.3 Å². The predicted octanol–water partition coefficient (Wildman–Crippen LogP) is 5.79. The van der Waals surface area contributed by atoms with Gasteiger partial charge in [0.15, 0.2) is 4.77 Å². The number of azo groups is 1. The van der Waals surface area contributed by atoms with E-state index < -0.39 is 5.56 Å². The average Bonchev–Trinajstić information content (AvgIpc) is 2.76. The number of aromatic hydroxyl groups is 1. The van der Waals surface area contributed by atoms with Crippen LogP contribution < -0.4 is 5.56 Å². The van der Waals surface area contributed by atoms with Crippen LogP contribution in [0.3, 0.4) is 0 Å². The van der Waals surface area contributed by atoms with Gasteiger partial charge in [-0.2, -0.15) is 0 Å². The summed E-state index contributed by atoms with van der Waals surface area (Å²) in [6, 6.07) is 25.5. The van der Waals surface area contributed by atoms with Gasteiger partial charge in [-0.05, 0) is 55.0 Å². The maximum atomic E-state index is 13.3. The van der Waals surface area contributed by atoms with E-state index in [4.69, 9.17) is 12.2 Å². The first-order valence-corrected chi connectivity index (χ1v) is 9.68. The lowest BCUT2D eigenvalue weighted by Gasteiger charge is -2.15. The zero-order chi connectivity index (χ0) is 21.1. The van der Waals surface area contributed by atoms with Crippen molar-refractivity contribution in [2.24, 2.45) is 10.2 Å². The van der Waals surface area contributed by atoms with Crippen molar-refractivity contribution in [3.05, 3.63) is 106 Å². The number of benzene rings is 3. The van der Waals surface area contributed by atoms with Gasteiger partial charge in [0.25, 0.3) is 5.56 Å². The van der Waals surface area contributed by atoms with E-state index >= 15 is 0 Å². The van der Waals surface area contributed by atoms with E-state index in [2.05, 4.69) is 10.2 Å². The summed E-state index contributed by atoms with van der Waals surface area (Å²) in [5.74, 6) is -0.360. The normalized spacial score (nSPS) is 11.1. The molecule has 0 unspecified atom stereocenters. The molecule has 4 aromatic rings. The number of aromatic nitrogens is 2.